The molecule has 20 heavy (non-hydrogen) atoms. The summed E-state index contributed by atoms with van der Waals surface area (Å²) in [4.78, 5) is 18.0. The Labute approximate surface area is 119 Å². The van der Waals surface area contributed by atoms with Crippen LogP contribution in [0.5, 0.6) is 5.88 Å². The summed E-state index contributed by atoms with van der Waals surface area (Å²) in [5.41, 5.74) is 0.859. The molecular formula is C14H21N3O3. The Morgan fingerprint density at radius 2 is 2.20 bits per heavy atom. The lowest BCUT2D eigenvalue weighted by Gasteiger charge is -2.35. The van der Waals surface area contributed by atoms with Crippen LogP contribution in [0.2, 0.25) is 0 Å². The molecule has 0 unspecified atom stereocenters. The van der Waals surface area contributed by atoms with Crippen LogP contribution in [0.25, 0.3) is 0 Å². The third-order valence-corrected chi connectivity index (χ3v) is 3.18. The van der Waals surface area contributed by atoms with E-state index < -0.39 is 0 Å². The number of hydrogen-bond acceptors (Lipinski definition) is 4. The monoisotopic (exact) mass is 279 g/mol. The van der Waals surface area contributed by atoms with Crippen molar-refractivity contribution in [3.63, 3.8) is 0 Å². The quantitative estimate of drug-likeness (QED) is 0.908. The van der Waals surface area contributed by atoms with Gasteiger partial charge in [-0.1, -0.05) is 6.07 Å². The minimum absolute atomic E-state index is 0.0671. The summed E-state index contributed by atoms with van der Waals surface area (Å²) in [5, 5.41) is 2.90. The van der Waals surface area contributed by atoms with E-state index in [4.69, 9.17) is 9.47 Å². The van der Waals surface area contributed by atoms with Crippen LogP contribution in [0.15, 0.2) is 18.3 Å². The predicted octanol–water partition coefficient (Wildman–Crippen LogP) is 1.41. The van der Waals surface area contributed by atoms with E-state index >= 15 is 0 Å². The second-order valence-electron chi connectivity index (χ2n) is 4.99. The predicted molar refractivity (Wildman–Crippen MR) is 74.6 cm³/mol. The number of aromatic nitrogens is 1. The molecular weight excluding hydrogens is 258 g/mol. The molecule has 2 rings (SSSR count). The van der Waals surface area contributed by atoms with Gasteiger partial charge in [0.2, 0.25) is 5.88 Å². The van der Waals surface area contributed by atoms with Gasteiger partial charge in [-0.15, -0.1) is 0 Å². The molecule has 0 aromatic carbocycles. The van der Waals surface area contributed by atoms with Gasteiger partial charge in [0.25, 0.3) is 0 Å². The Balaban J connectivity index is 1.91. The Bertz CT molecular complexity index is 457. The highest BCUT2D eigenvalue weighted by atomic mass is 16.5. The molecule has 0 radical (unpaired) electrons. The molecule has 1 aromatic rings. The second-order valence-corrected chi connectivity index (χ2v) is 4.99. The van der Waals surface area contributed by atoms with Crippen molar-refractivity contribution >= 4 is 6.03 Å². The third-order valence-electron chi connectivity index (χ3n) is 3.18. The average Bonchev–Trinajstić information content (AvgIpc) is 2.44. The van der Waals surface area contributed by atoms with Crippen molar-refractivity contribution in [1.29, 1.82) is 0 Å². The normalized spacial score (nSPS) is 22.4. The van der Waals surface area contributed by atoms with Crippen LogP contribution in [-0.2, 0) is 11.3 Å². The number of rotatable bonds is 3. The number of nitrogens with one attached hydrogen (secondary N) is 1. The van der Waals surface area contributed by atoms with Gasteiger partial charge < -0.3 is 19.7 Å². The van der Waals surface area contributed by atoms with Gasteiger partial charge >= 0.3 is 6.03 Å². The number of pyridine rings is 1. The molecule has 0 aliphatic carbocycles. The van der Waals surface area contributed by atoms with E-state index in [0.29, 0.717) is 25.5 Å². The van der Waals surface area contributed by atoms with Crippen molar-refractivity contribution in [3.05, 3.63) is 23.9 Å². The van der Waals surface area contributed by atoms with E-state index in [1.807, 2.05) is 26.0 Å². The minimum Gasteiger partial charge on any atom is -0.481 e. The SMILES string of the molecule is COc1ncccc1CNC(=O)N1C[C@H](C)O[C@@H](C)C1. The highest BCUT2D eigenvalue weighted by Crippen LogP contribution is 2.14. The molecule has 1 fully saturated rings. The third kappa shape index (κ3) is 3.60. The standard InChI is InChI=1S/C14H21N3O3/c1-10-8-17(9-11(2)20-10)14(18)16-7-12-5-4-6-15-13(12)19-3/h4-6,10-11H,7-9H2,1-3H3,(H,16,18)/t10-,11-/m0/s1. The van der Waals surface area contributed by atoms with Gasteiger partial charge in [0, 0.05) is 31.4 Å². The first-order chi connectivity index (χ1) is 9.60. The van der Waals surface area contributed by atoms with Crippen molar-refractivity contribution in [2.45, 2.75) is 32.6 Å². The van der Waals surface area contributed by atoms with E-state index in [0.717, 1.165) is 5.56 Å². The van der Waals surface area contributed by atoms with Gasteiger partial charge in [-0.25, -0.2) is 9.78 Å². The highest BCUT2D eigenvalue weighted by molar-refractivity contribution is 5.74. The first-order valence-corrected chi connectivity index (χ1v) is 6.76. The molecule has 110 valence electrons. The van der Waals surface area contributed by atoms with Gasteiger partial charge in [-0.2, -0.15) is 0 Å². The zero-order valence-electron chi connectivity index (χ0n) is 12.1. The van der Waals surface area contributed by atoms with Gasteiger partial charge in [0.1, 0.15) is 0 Å². The maximum absolute atomic E-state index is 12.2. The molecule has 1 N–H and O–H groups in total. The number of carbonyl (C=O) groups is 1. The van der Waals surface area contributed by atoms with Crippen molar-refractivity contribution in [2.75, 3.05) is 20.2 Å². The molecule has 6 heteroatoms. The van der Waals surface area contributed by atoms with Crippen LogP contribution in [0.4, 0.5) is 4.79 Å². The van der Waals surface area contributed by atoms with Gasteiger partial charge in [0.15, 0.2) is 0 Å². The van der Waals surface area contributed by atoms with E-state index in [-0.39, 0.29) is 18.2 Å². The number of ether oxygens (including phenoxy) is 2. The second kappa shape index (κ2) is 6.56. The van der Waals surface area contributed by atoms with Crippen molar-refractivity contribution in [1.82, 2.24) is 15.2 Å². The van der Waals surface area contributed by atoms with E-state index in [1.54, 1.807) is 18.2 Å². The Hall–Kier alpha value is -1.82. The first-order valence-electron chi connectivity index (χ1n) is 6.76. The smallest absolute Gasteiger partial charge is 0.317 e. The maximum Gasteiger partial charge on any atom is 0.317 e. The number of methoxy groups -OCH3 is 1. The summed E-state index contributed by atoms with van der Waals surface area (Å²) >= 11 is 0. The fourth-order valence-electron chi connectivity index (χ4n) is 2.37. The molecule has 2 amide bonds. The van der Waals surface area contributed by atoms with Gasteiger partial charge in [-0.3, -0.25) is 0 Å². The number of carbonyl (C=O) groups excluding carboxylic acids is 1. The number of urea groups is 1. The summed E-state index contributed by atoms with van der Waals surface area (Å²) in [6.07, 6.45) is 1.80. The zero-order valence-corrected chi connectivity index (χ0v) is 12.1. The summed E-state index contributed by atoms with van der Waals surface area (Å²) in [6.45, 7) is 5.57. The average molecular weight is 279 g/mol. The molecule has 1 aliphatic heterocycles. The van der Waals surface area contributed by atoms with Crippen molar-refractivity contribution in [2.24, 2.45) is 0 Å². The Kier molecular flexibility index (Phi) is 4.79. The molecule has 0 spiro atoms. The minimum atomic E-state index is -0.0853. The Morgan fingerprint density at radius 3 is 2.85 bits per heavy atom. The number of morpholine rings is 1. The molecule has 1 aliphatic rings. The first kappa shape index (κ1) is 14.6. The van der Waals surface area contributed by atoms with E-state index in [2.05, 4.69) is 10.3 Å². The molecule has 2 heterocycles. The van der Waals surface area contributed by atoms with Crippen LogP contribution < -0.4 is 10.1 Å². The lowest BCUT2D eigenvalue weighted by atomic mass is 10.2. The summed E-state index contributed by atoms with van der Waals surface area (Å²) in [6, 6.07) is 3.62. The summed E-state index contributed by atoms with van der Waals surface area (Å²) in [7, 11) is 1.57. The van der Waals surface area contributed by atoms with Crippen LogP contribution >= 0.6 is 0 Å². The fourth-order valence-corrected chi connectivity index (χ4v) is 2.37. The van der Waals surface area contributed by atoms with Gasteiger partial charge in [0.05, 0.1) is 19.3 Å². The summed E-state index contributed by atoms with van der Waals surface area (Å²) in [5.74, 6) is 0.538. The molecule has 6 nitrogen and oxygen atoms in total. The fraction of sp³-hybridized carbons (Fsp3) is 0.571. The van der Waals surface area contributed by atoms with E-state index in [1.165, 1.54) is 0 Å². The maximum atomic E-state index is 12.2. The topological polar surface area (TPSA) is 63.7 Å². The number of nitrogens with zero attached hydrogens (tertiary/aromatic N) is 2. The van der Waals surface area contributed by atoms with Crippen molar-refractivity contribution < 1.29 is 14.3 Å². The van der Waals surface area contributed by atoms with Crippen LogP contribution in [0, 0.1) is 0 Å². The molecule has 1 saturated heterocycles. The number of hydrogen-bond donors (Lipinski definition) is 1. The summed E-state index contributed by atoms with van der Waals surface area (Å²) < 4.78 is 10.8. The zero-order chi connectivity index (χ0) is 14.5. The van der Waals surface area contributed by atoms with Crippen LogP contribution in [0.1, 0.15) is 19.4 Å². The van der Waals surface area contributed by atoms with Gasteiger partial charge in [-0.05, 0) is 19.9 Å². The molecule has 0 bridgehead atoms. The lowest BCUT2D eigenvalue weighted by molar-refractivity contribution is -0.0545. The Morgan fingerprint density at radius 1 is 1.50 bits per heavy atom. The van der Waals surface area contributed by atoms with Crippen molar-refractivity contribution in [3.8, 4) is 5.88 Å². The van der Waals surface area contributed by atoms with E-state index in [9.17, 15) is 4.79 Å². The molecule has 1 aromatic heterocycles. The van der Waals surface area contributed by atoms with Crippen LogP contribution in [-0.4, -0.2) is 48.3 Å². The molecule has 2 atom stereocenters. The number of amides is 2. The highest BCUT2D eigenvalue weighted by Gasteiger charge is 2.25. The van der Waals surface area contributed by atoms with Crippen LogP contribution in [0.3, 0.4) is 0 Å². The molecule has 0 saturated carbocycles. The lowest BCUT2D eigenvalue weighted by Crippen LogP contribution is -2.51. The largest absolute Gasteiger partial charge is 0.481 e.